The van der Waals surface area contributed by atoms with Crippen LogP contribution in [-0.4, -0.2) is 42.6 Å². The van der Waals surface area contributed by atoms with Gasteiger partial charge in [0.1, 0.15) is 0 Å². The summed E-state index contributed by atoms with van der Waals surface area (Å²) in [4.78, 5) is 14.3. The van der Waals surface area contributed by atoms with Crippen LogP contribution in [0.4, 0.5) is 0 Å². The first-order chi connectivity index (χ1) is 8.21. The maximum atomic E-state index is 12.3. The van der Waals surface area contributed by atoms with Crippen molar-refractivity contribution in [1.82, 2.24) is 4.90 Å². The highest BCUT2D eigenvalue weighted by molar-refractivity contribution is 5.78. The van der Waals surface area contributed by atoms with Crippen LogP contribution < -0.4 is 5.73 Å². The standard InChI is InChI=1S/C13H24N2O2/c1-17-13(6-2-7-13)10-12(16)15(9-3-8-14)11-4-5-11/h11H,2-10,14H2,1H3. The van der Waals surface area contributed by atoms with Gasteiger partial charge in [0.05, 0.1) is 12.0 Å². The molecule has 0 heterocycles. The molecule has 0 aromatic heterocycles. The second kappa shape index (κ2) is 5.36. The number of carbonyl (C=O) groups excluding carboxylic acids is 1. The fraction of sp³-hybridized carbons (Fsp3) is 0.923. The Labute approximate surface area is 103 Å². The Morgan fingerprint density at radius 2 is 2.18 bits per heavy atom. The van der Waals surface area contributed by atoms with E-state index in [0.29, 0.717) is 19.0 Å². The Hall–Kier alpha value is -0.610. The van der Waals surface area contributed by atoms with E-state index in [-0.39, 0.29) is 11.5 Å². The molecule has 0 bridgehead atoms. The predicted octanol–water partition coefficient (Wildman–Crippen LogP) is 1.29. The van der Waals surface area contributed by atoms with E-state index in [1.165, 1.54) is 6.42 Å². The van der Waals surface area contributed by atoms with Crippen molar-refractivity contribution < 1.29 is 9.53 Å². The summed E-state index contributed by atoms with van der Waals surface area (Å²) in [5.41, 5.74) is 5.38. The molecule has 17 heavy (non-hydrogen) atoms. The van der Waals surface area contributed by atoms with Crippen molar-refractivity contribution in [2.75, 3.05) is 20.2 Å². The molecule has 2 fully saturated rings. The quantitative estimate of drug-likeness (QED) is 0.729. The molecule has 2 saturated carbocycles. The number of methoxy groups -OCH3 is 1. The Kier molecular flexibility index (Phi) is 4.05. The number of hydrogen-bond acceptors (Lipinski definition) is 3. The predicted molar refractivity (Wildman–Crippen MR) is 66.6 cm³/mol. The molecule has 0 aromatic rings. The van der Waals surface area contributed by atoms with Crippen LogP contribution in [0.1, 0.15) is 44.9 Å². The molecule has 2 N–H and O–H groups in total. The average molecular weight is 240 g/mol. The van der Waals surface area contributed by atoms with Gasteiger partial charge in [0.15, 0.2) is 0 Å². The van der Waals surface area contributed by atoms with Gasteiger partial charge in [-0.15, -0.1) is 0 Å². The molecule has 98 valence electrons. The molecule has 0 aromatic carbocycles. The van der Waals surface area contributed by atoms with Gasteiger partial charge in [-0.05, 0) is 45.1 Å². The Morgan fingerprint density at radius 3 is 2.59 bits per heavy atom. The van der Waals surface area contributed by atoms with E-state index >= 15 is 0 Å². The molecule has 4 nitrogen and oxygen atoms in total. The zero-order valence-corrected chi connectivity index (χ0v) is 10.8. The highest BCUT2D eigenvalue weighted by Gasteiger charge is 2.42. The van der Waals surface area contributed by atoms with Gasteiger partial charge < -0.3 is 15.4 Å². The zero-order chi connectivity index (χ0) is 12.3. The lowest BCUT2D eigenvalue weighted by molar-refractivity contribution is -0.144. The lowest BCUT2D eigenvalue weighted by atomic mass is 9.77. The van der Waals surface area contributed by atoms with Crippen LogP contribution in [0.3, 0.4) is 0 Å². The molecular weight excluding hydrogens is 216 g/mol. The van der Waals surface area contributed by atoms with Gasteiger partial charge in [-0.1, -0.05) is 0 Å². The smallest absolute Gasteiger partial charge is 0.225 e. The largest absolute Gasteiger partial charge is 0.378 e. The number of rotatable bonds is 7. The van der Waals surface area contributed by atoms with Crippen molar-refractivity contribution in [2.45, 2.75) is 56.6 Å². The van der Waals surface area contributed by atoms with Gasteiger partial charge in [-0.25, -0.2) is 0 Å². The van der Waals surface area contributed by atoms with Gasteiger partial charge in [-0.3, -0.25) is 4.79 Å². The van der Waals surface area contributed by atoms with E-state index in [1.54, 1.807) is 7.11 Å². The second-order valence-corrected chi connectivity index (χ2v) is 5.38. The number of nitrogens with zero attached hydrogens (tertiary/aromatic N) is 1. The molecule has 0 saturated heterocycles. The number of ether oxygens (including phenoxy) is 1. The SMILES string of the molecule is COC1(CC(=O)N(CCCN)C2CC2)CCC1. The first-order valence-corrected chi connectivity index (χ1v) is 6.75. The maximum Gasteiger partial charge on any atom is 0.225 e. The van der Waals surface area contributed by atoms with Crippen LogP contribution in [-0.2, 0) is 9.53 Å². The summed E-state index contributed by atoms with van der Waals surface area (Å²) in [7, 11) is 1.73. The highest BCUT2D eigenvalue weighted by atomic mass is 16.5. The molecule has 1 amide bonds. The van der Waals surface area contributed by atoms with Crippen LogP contribution >= 0.6 is 0 Å². The summed E-state index contributed by atoms with van der Waals surface area (Å²) in [6, 6.07) is 0.489. The van der Waals surface area contributed by atoms with E-state index in [0.717, 1.165) is 38.6 Å². The molecule has 2 aliphatic carbocycles. The summed E-state index contributed by atoms with van der Waals surface area (Å²) in [6.07, 6.45) is 7.04. The third-order valence-corrected chi connectivity index (χ3v) is 4.08. The van der Waals surface area contributed by atoms with Gasteiger partial charge in [0, 0.05) is 19.7 Å². The third kappa shape index (κ3) is 2.99. The van der Waals surface area contributed by atoms with Crippen LogP contribution in [0.25, 0.3) is 0 Å². The normalized spacial score (nSPS) is 22.0. The van der Waals surface area contributed by atoms with E-state index in [1.807, 2.05) is 4.90 Å². The molecule has 0 spiro atoms. The maximum absolute atomic E-state index is 12.3. The Morgan fingerprint density at radius 1 is 1.47 bits per heavy atom. The molecule has 2 rings (SSSR count). The summed E-state index contributed by atoms with van der Waals surface area (Å²) in [5, 5.41) is 0. The topological polar surface area (TPSA) is 55.6 Å². The van der Waals surface area contributed by atoms with Gasteiger partial charge in [0.2, 0.25) is 5.91 Å². The van der Waals surface area contributed by atoms with Gasteiger partial charge >= 0.3 is 0 Å². The average Bonchev–Trinajstić information content (AvgIpc) is 3.08. The monoisotopic (exact) mass is 240 g/mol. The summed E-state index contributed by atoms with van der Waals surface area (Å²) in [5.74, 6) is 0.266. The van der Waals surface area contributed by atoms with Crippen molar-refractivity contribution in [3.63, 3.8) is 0 Å². The molecule has 2 aliphatic rings. The van der Waals surface area contributed by atoms with Crippen LogP contribution in [0, 0.1) is 0 Å². The number of amides is 1. The van der Waals surface area contributed by atoms with Crippen molar-refractivity contribution in [1.29, 1.82) is 0 Å². The van der Waals surface area contributed by atoms with Crippen molar-refractivity contribution in [3.05, 3.63) is 0 Å². The van der Waals surface area contributed by atoms with Crippen molar-refractivity contribution in [2.24, 2.45) is 5.73 Å². The lowest BCUT2D eigenvalue weighted by Gasteiger charge is -2.41. The summed E-state index contributed by atoms with van der Waals surface area (Å²) < 4.78 is 5.53. The van der Waals surface area contributed by atoms with Gasteiger partial charge in [-0.2, -0.15) is 0 Å². The third-order valence-electron chi connectivity index (χ3n) is 4.08. The number of hydrogen-bond donors (Lipinski definition) is 1. The number of carbonyl (C=O) groups is 1. The van der Waals surface area contributed by atoms with E-state index in [4.69, 9.17) is 10.5 Å². The van der Waals surface area contributed by atoms with Crippen molar-refractivity contribution in [3.8, 4) is 0 Å². The van der Waals surface area contributed by atoms with E-state index < -0.39 is 0 Å². The van der Waals surface area contributed by atoms with E-state index in [9.17, 15) is 4.79 Å². The summed E-state index contributed by atoms with van der Waals surface area (Å²) in [6.45, 7) is 1.48. The molecular formula is C13H24N2O2. The first-order valence-electron chi connectivity index (χ1n) is 6.75. The molecule has 0 aliphatic heterocycles. The van der Waals surface area contributed by atoms with E-state index in [2.05, 4.69) is 0 Å². The first kappa shape index (κ1) is 12.8. The number of nitrogens with two attached hydrogens (primary N) is 1. The van der Waals surface area contributed by atoms with Crippen molar-refractivity contribution >= 4 is 5.91 Å². The molecule has 0 radical (unpaired) electrons. The van der Waals surface area contributed by atoms with Gasteiger partial charge in [0.25, 0.3) is 0 Å². The minimum Gasteiger partial charge on any atom is -0.378 e. The Bertz CT molecular complexity index is 267. The fourth-order valence-electron chi connectivity index (χ4n) is 2.56. The fourth-order valence-corrected chi connectivity index (χ4v) is 2.56. The minimum atomic E-state index is -0.146. The van der Waals surface area contributed by atoms with Crippen LogP contribution in [0.2, 0.25) is 0 Å². The minimum absolute atomic E-state index is 0.146. The van der Waals surface area contributed by atoms with Crippen LogP contribution in [0.5, 0.6) is 0 Å². The molecule has 4 heteroatoms. The summed E-state index contributed by atoms with van der Waals surface area (Å²) >= 11 is 0. The lowest BCUT2D eigenvalue weighted by Crippen LogP contribution is -2.46. The zero-order valence-electron chi connectivity index (χ0n) is 10.8. The molecule has 0 atom stereocenters. The second-order valence-electron chi connectivity index (χ2n) is 5.38. The Balaban J connectivity index is 1.87. The molecule has 0 unspecified atom stereocenters. The highest BCUT2D eigenvalue weighted by Crippen LogP contribution is 2.39. The van der Waals surface area contributed by atoms with Crippen LogP contribution in [0.15, 0.2) is 0 Å².